The van der Waals surface area contributed by atoms with Crippen molar-refractivity contribution in [1.82, 2.24) is 14.9 Å². The fraction of sp³-hybridized carbons (Fsp3) is 0.769. The van der Waals surface area contributed by atoms with E-state index in [0.29, 0.717) is 0 Å². The molecule has 0 bridgehead atoms. The molecule has 1 aromatic rings. The summed E-state index contributed by atoms with van der Waals surface area (Å²) in [6, 6.07) is 0. The van der Waals surface area contributed by atoms with Crippen LogP contribution in [0.3, 0.4) is 0 Å². The minimum atomic E-state index is 0.805. The molecule has 1 heterocycles. The van der Waals surface area contributed by atoms with Crippen LogP contribution in [-0.4, -0.2) is 16.1 Å². The largest absolute Gasteiger partial charge is 0.333 e. The Hall–Kier alpha value is -0.830. The van der Waals surface area contributed by atoms with Gasteiger partial charge in [-0.15, -0.1) is 0 Å². The molecule has 1 N–H and O–H groups in total. The van der Waals surface area contributed by atoms with Crippen molar-refractivity contribution in [2.75, 3.05) is 6.54 Å². The molecule has 3 heteroatoms. The molecule has 1 saturated carbocycles. The highest BCUT2D eigenvalue weighted by Gasteiger charge is 2.28. The summed E-state index contributed by atoms with van der Waals surface area (Å²) in [5.41, 5.74) is 1.32. The molecule has 1 aliphatic rings. The fourth-order valence-corrected chi connectivity index (χ4v) is 2.18. The minimum Gasteiger partial charge on any atom is -0.333 e. The van der Waals surface area contributed by atoms with E-state index in [2.05, 4.69) is 28.7 Å². The average Bonchev–Trinajstić information content (AvgIpc) is 3.04. The van der Waals surface area contributed by atoms with E-state index in [9.17, 15) is 0 Å². The topological polar surface area (TPSA) is 29.9 Å². The van der Waals surface area contributed by atoms with Crippen molar-refractivity contribution in [3.05, 3.63) is 18.2 Å². The number of nitrogens with zero attached hydrogens (tertiary/aromatic N) is 2. The molecular weight excluding hydrogens is 198 g/mol. The maximum atomic E-state index is 4.26. The summed E-state index contributed by atoms with van der Waals surface area (Å²) in [4.78, 5) is 4.26. The van der Waals surface area contributed by atoms with E-state index in [0.717, 1.165) is 31.5 Å². The van der Waals surface area contributed by atoms with Gasteiger partial charge in [-0.3, -0.25) is 0 Å². The van der Waals surface area contributed by atoms with Crippen LogP contribution in [0, 0.1) is 11.8 Å². The zero-order valence-electron chi connectivity index (χ0n) is 10.4. The van der Waals surface area contributed by atoms with Crippen LogP contribution in [0.4, 0.5) is 0 Å². The van der Waals surface area contributed by atoms with Gasteiger partial charge in [-0.05, 0) is 37.6 Å². The van der Waals surface area contributed by atoms with Crippen LogP contribution in [0.25, 0.3) is 0 Å². The summed E-state index contributed by atoms with van der Waals surface area (Å²) in [6.07, 6.45) is 8.01. The highest BCUT2D eigenvalue weighted by Crippen LogP contribution is 2.37. The molecule has 3 nitrogen and oxygen atoms in total. The lowest BCUT2D eigenvalue weighted by molar-refractivity contribution is 0.420. The van der Waals surface area contributed by atoms with E-state index in [1.165, 1.54) is 25.0 Å². The van der Waals surface area contributed by atoms with Gasteiger partial charge in [-0.25, -0.2) is 4.98 Å². The molecule has 90 valence electrons. The molecule has 1 unspecified atom stereocenters. The zero-order valence-corrected chi connectivity index (χ0v) is 10.4. The molecule has 2 rings (SSSR count). The quantitative estimate of drug-likeness (QED) is 0.717. The second-order valence-corrected chi connectivity index (χ2v) is 5.03. The number of aromatic nitrogens is 2. The van der Waals surface area contributed by atoms with E-state index >= 15 is 0 Å². The molecule has 0 aliphatic heterocycles. The smallest absolute Gasteiger partial charge is 0.0948 e. The molecule has 0 amide bonds. The van der Waals surface area contributed by atoms with Crippen LogP contribution in [0.2, 0.25) is 0 Å². The lowest BCUT2D eigenvalue weighted by Crippen LogP contribution is -2.18. The van der Waals surface area contributed by atoms with Crippen molar-refractivity contribution >= 4 is 0 Å². The number of rotatable bonds is 7. The Bertz CT molecular complexity index is 315. The summed E-state index contributed by atoms with van der Waals surface area (Å²) >= 11 is 0. The molecule has 1 aliphatic carbocycles. The Morgan fingerprint density at radius 1 is 1.56 bits per heavy atom. The Morgan fingerprint density at radius 3 is 3.06 bits per heavy atom. The lowest BCUT2D eigenvalue weighted by Gasteiger charge is -2.14. The van der Waals surface area contributed by atoms with Crippen molar-refractivity contribution in [2.45, 2.75) is 46.2 Å². The van der Waals surface area contributed by atoms with Gasteiger partial charge in [-0.1, -0.05) is 13.8 Å². The Labute approximate surface area is 98.3 Å². The fourth-order valence-electron chi connectivity index (χ4n) is 2.18. The summed E-state index contributed by atoms with van der Waals surface area (Å²) in [5, 5.41) is 3.44. The van der Waals surface area contributed by atoms with Crippen molar-refractivity contribution < 1.29 is 0 Å². The summed E-state index contributed by atoms with van der Waals surface area (Å²) in [5.74, 6) is 1.78. The first-order chi connectivity index (χ1) is 7.81. The minimum absolute atomic E-state index is 0.805. The third kappa shape index (κ3) is 3.08. The van der Waals surface area contributed by atoms with Crippen LogP contribution in [-0.2, 0) is 13.1 Å². The van der Waals surface area contributed by atoms with Gasteiger partial charge in [0.1, 0.15) is 0 Å². The normalized spacial score (nSPS) is 17.6. The van der Waals surface area contributed by atoms with E-state index in [1.54, 1.807) is 0 Å². The number of hydrogen-bond acceptors (Lipinski definition) is 2. The maximum absolute atomic E-state index is 4.26. The Balaban J connectivity index is 1.85. The summed E-state index contributed by atoms with van der Waals surface area (Å²) < 4.78 is 2.31. The molecular formula is C13H23N3. The molecule has 0 spiro atoms. The van der Waals surface area contributed by atoms with E-state index in [1.807, 2.05) is 12.5 Å². The van der Waals surface area contributed by atoms with Gasteiger partial charge in [0.2, 0.25) is 0 Å². The molecule has 1 atom stereocenters. The molecule has 0 radical (unpaired) electrons. The highest BCUT2D eigenvalue weighted by atomic mass is 15.1. The second-order valence-electron chi connectivity index (χ2n) is 5.03. The van der Waals surface area contributed by atoms with Gasteiger partial charge >= 0.3 is 0 Å². The molecule has 1 fully saturated rings. The van der Waals surface area contributed by atoms with Crippen molar-refractivity contribution in [2.24, 2.45) is 11.8 Å². The van der Waals surface area contributed by atoms with Crippen LogP contribution >= 0.6 is 0 Å². The van der Waals surface area contributed by atoms with Crippen LogP contribution in [0.15, 0.2) is 12.5 Å². The first kappa shape index (κ1) is 11.6. The summed E-state index contributed by atoms with van der Waals surface area (Å²) in [7, 11) is 0. The predicted molar refractivity (Wildman–Crippen MR) is 66.1 cm³/mol. The van der Waals surface area contributed by atoms with Crippen LogP contribution in [0.1, 0.15) is 38.8 Å². The van der Waals surface area contributed by atoms with Gasteiger partial charge in [0, 0.05) is 19.3 Å². The van der Waals surface area contributed by atoms with E-state index in [4.69, 9.17) is 0 Å². The molecule has 0 saturated heterocycles. The van der Waals surface area contributed by atoms with Crippen molar-refractivity contribution in [3.8, 4) is 0 Å². The van der Waals surface area contributed by atoms with Crippen LogP contribution in [0.5, 0.6) is 0 Å². The van der Waals surface area contributed by atoms with Gasteiger partial charge in [-0.2, -0.15) is 0 Å². The van der Waals surface area contributed by atoms with E-state index in [-0.39, 0.29) is 0 Å². The third-order valence-corrected chi connectivity index (χ3v) is 3.44. The average molecular weight is 221 g/mol. The standard InChI is InChI=1S/C13H23N3/c1-3-6-14-7-13-8-15-10-16(13)9-11(2)12-4-5-12/h8,10-12,14H,3-7,9H2,1-2H3. The molecule has 16 heavy (non-hydrogen) atoms. The van der Waals surface area contributed by atoms with Gasteiger partial charge in [0.25, 0.3) is 0 Å². The SMILES string of the molecule is CCCNCc1cncn1CC(C)C1CC1. The zero-order chi connectivity index (χ0) is 11.4. The second kappa shape index (κ2) is 5.48. The van der Waals surface area contributed by atoms with Crippen molar-refractivity contribution in [3.63, 3.8) is 0 Å². The maximum Gasteiger partial charge on any atom is 0.0948 e. The highest BCUT2D eigenvalue weighted by molar-refractivity contribution is 4.98. The number of hydrogen-bond donors (Lipinski definition) is 1. The van der Waals surface area contributed by atoms with Crippen molar-refractivity contribution in [1.29, 1.82) is 0 Å². The lowest BCUT2D eigenvalue weighted by atomic mass is 10.1. The number of imidazole rings is 1. The van der Waals surface area contributed by atoms with Crippen LogP contribution < -0.4 is 5.32 Å². The Morgan fingerprint density at radius 2 is 2.38 bits per heavy atom. The first-order valence-corrected chi connectivity index (χ1v) is 6.51. The molecule has 1 aromatic heterocycles. The predicted octanol–water partition coefficient (Wildman–Crippen LogP) is 2.43. The molecule has 0 aromatic carbocycles. The summed E-state index contributed by atoms with van der Waals surface area (Å²) in [6.45, 7) is 7.72. The van der Waals surface area contributed by atoms with Gasteiger partial charge in [0.05, 0.1) is 12.0 Å². The Kier molecular flexibility index (Phi) is 3.99. The monoisotopic (exact) mass is 221 g/mol. The van der Waals surface area contributed by atoms with E-state index < -0.39 is 0 Å². The third-order valence-electron chi connectivity index (χ3n) is 3.44. The number of nitrogens with one attached hydrogen (secondary N) is 1. The first-order valence-electron chi connectivity index (χ1n) is 6.51. The van der Waals surface area contributed by atoms with Gasteiger partial charge in [0.15, 0.2) is 0 Å². The van der Waals surface area contributed by atoms with Gasteiger partial charge < -0.3 is 9.88 Å².